The van der Waals surface area contributed by atoms with Gasteiger partial charge >= 0.3 is 0 Å². The fraction of sp³-hybridized carbons (Fsp3) is 1.00. The van der Waals surface area contributed by atoms with Crippen LogP contribution in [0.1, 0.15) is 39.5 Å². The summed E-state index contributed by atoms with van der Waals surface area (Å²) in [5, 5.41) is 19.1. The lowest BCUT2D eigenvalue weighted by Gasteiger charge is -2.32. The highest BCUT2D eigenvalue weighted by atomic mass is 16.3. The monoisotopic (exact) mass is 190 g/mol. The van der Waals surface area contributed by atoms with Gasteiger partial charge in [0.15, 0.2) is 0 Å². The van der Waals surface area contributed by atoms with Crippen molar-refractivity contribution >= 4 is 0 Å². The van der Waals surface area contributed by atoms with Gasteiger partial charge in [-0.15, -0.1) is 0 Å². The number of aliphatic hydroxyl groups is 2. The lowest BCUT2D eigenvalue weighted by Crippen LogP contribution is -2.62. The summed E-state index contributed by atoms with van der Waals surface area (Å²) in [5.41, 5.74) is 10.0. The Bertz CT molecular complexity index is 140. The van der Waals surface area contributed by atoms with Crippen molar-refractivity contribution in [1.29, 1.82) is 0 Å². The third-order valence-electron chi connectivity index (χ3n) is 2.38. The van der Waals surface area contributed by atoms with E-state index in [9.17, 15) is 10.2 Å². The molecule has 2 unspecified atom stereocenters. The predicted octanol–water partition coefficient (Wildman–Crippen LogP) is -0.0779. The van der Waals surface area contributed by atoms with Crippen LogP contribution in [0.15, 0.2) is 0 Å². The first-order chi connectivity index (χ1) is 5.95. The molecule has 13 heavy (non-hydrogen) atoms. The molecular weight excluding hydrogens is 168 g/mol. The Hall–Kier alpha value is -0.160. The van der Waals surface area contributed by atoms with Crippen LogP contribution in [0.5, 0.6) is 0 Å². The molecule has 0 aliphatic rings. The Morgan fingerprint density at radius 1 is 1.23 bits per heavy atom. The maximum Gasteiger partial charge on any atom is 0.111 e. The van der Waals surface area contributed by atoms with Crippen LogP contribution in [0, 0.1) is 0 Å². The first kappa shape index (κ1) is 12.8. The minimum atomic E-state index is -1.17. The van der Waals surface area contributed by atoms with Gasteiger partial charge in [-0.2, -0.15) is 0 Å². The zero-order chi connectivity index (χ0) is 10.5. The van der Waals surface area contributed by atoms with Gasteiger partial charge in [-0.25, -0.2) is 0 Å². The molecule has 80 valence electrons. The van der Waals surface area contributed by atoms with Crippen molar-refractivity contribution in [2.45, 2.75) is 57.4 Å². The second kappa shape index (κ2) is 5.54. The van der Waals surface area contributed by atoms with Crippen molar-refractivity contribution in [2.24, 2.45) is 11.5 Å². The molecule has 0 bridgehead atoms. The Kier molecular flexibility index (Phi) is 5.48. The molecule has 2 atom stereocenters. The molecule has 0 aromatic rings. The predicted molar refractivity (Wildman–Crippen MR) is 52.9 cm³/mol. The van der Waals surface area contributed by atoms with Crippen LogP contribution in [0.25, 0.3) is 0 Å². The summed E-state index contributed by atoms with van der Waals surface area (Å²) in [7, 11) is 0. The molecule has 0 saturated carbocycles. The van der Waals surface area contributed by atoms with Gasteiger partial charge < -0.3 is 21.7 Å². The third kappa shape index (κ3) is 4.04. The van der Waals surface area contributed by atoms with Gasteiger partial charge in [0.1, 0.15) is 6.10 Å². The van der Waals surface area contributed by atoms with Gasteiger partial charge in [0.25, 0.3) is 0 Å². The standard InChI is InChI=1S/C9H22N2O2/c1-3-5-6-7(12)8(13)9(10,11)4-2/h7-8,12-13H,3-6,10-11H2,1-2H3. The molecule has 0 amide bonds. The molecule has 0 fully saturated rings. The quantitative estimate of drug-likeness (QED) is 0.441. The molecule has 0 aromatic heterocycles. The van der Waals surface area contributed by atoms with Crippen molar-refractivity contribution in [3.63, 3.8) is 0 Å². The van der Waals surface area contributed by atoms with Crippen LogP contribution >= 0.6 is 0 Å². The van der Waals surface area contributed by atoms with E-state index >= 15 is 0 Å². The van der Waals surface area contributed by atoms with E-state index < -0.39 is 17.9 Å². The van der Waals surface area contributed by atoms with Crippen molar-refractivity contribution in [3.8, 4) is 0 Å². The number of nitrogens with two attached hydrogens (primary N) is 2. The third-order valence-corrected chi connectivity index (χ3v) is 2.38. The molecule has 0 aliphatic carbocycles. The number of unbranched alkanes of at least 4 members (excludes halogenated alkanes) is 1. The normalized spacial score (nSPS) is 17.1. The van der Waals surface area contributed by atoms with Crippen LogP contribution in [0.3, 0.4) is 0 Å². The van der Waals surface area contributed by atoms with Gasteiger partial charge in [0.2, 0.25) is 0 Å². The summed E-state index contributed by atoms with van der Waals surface area (Å²) < 4.78 is 0. The number of rotatable bonds is 6. The van der Waals surface area contributed by atoms with Crippen molar-refractivity contribution in [3.05, 3.63) is 0 Å². The summed E-state index contributed by atoms with van der Waals surface area (Å²) in [6.07, 6.45) is 1.00. The van der Waals surface area contributed by atoms with Crippen LogP contribution in [-0.4, -0.2) is 28.1 Å². The van der Waals surface area contributed by atoms with E-state index in [0.29, 0.717) is 12.8 Å². The molecule has 4 heteroatoms. The molecular formula is C9H22N2O2. The fourth-order valence-electron chi connectivity index (χ4n) is 1.14. The maximum absolute atomic E-state index is 9.57. The van der Waals surface area contributed by atoms with Crippen molar-refractivity contribution in [2.75, 3.05) is 0 Å². The summed E-state index contributed by atoms with van der Waals surface area (Å²) in [6.45, 7) is 3.81. The van der Waals surface area contributed by atoms with E-state index in [1.165, 1.54) is 0 Å². The van der Waals surface area contributed by atoms with Crippen LogP contribution < -0.4 is 11.5 Å². The molecule has 0 rings (SSSR count). The van der Waals surface area contributed by atoms with Gasteiger partial charge in [-0.05, 0) is 12.8 Å². The second-order valence-electron chi connectivity index (χ2n) is 3.62. The highest BCUT2D eigenvalue weighted by molar-refractivity contribution is 4.88. The molecule has 0 aliphatic heterocycles. The lowest BCUT2D eigenvalue weighted by atomic mass is 9.94. The average Bonchev–Trinajstić information content (AvgIpc) is 2.12. The maximum atomic E-state index is 9.57. The summed E-state index contributed by atoms with van der Waals surface area (Å²) in [6, 6.07) is 0. The zero-order valence-electron chi connectivity index (χ0n) is 8.53. The van der Waals surface area contributed by atoms with Crippen molar-refractivity contribution < 1.29 is 10.2 Å². The largest absolute Gasteiger partial charge is 0.390 e. The van der Waals surface area contributed by atoms with E-state index in [2.05, 4.69) is 0 Å². The first-order valence-corrected chi connectivity index (χ1v) is 4.89. The molecule has 0 spiro atoms. The van der Waals surface area contributed by atoms with Crippen LogP contribution in [-0.2, 0) is 0 Å². The summed E-state index contributed by atoms with van der Waals surface area (Å²) in [4.78, 5) is 0. The van der Waals surface area contributed by atoms with Gasteiger partial charge in [-0.3, -0.25) is 0 Å². The first-order valence-electron chi connectivity index (χ1n) is 4.89. The molecule has 0 saturated heterocycles. The number of hydrogen-bond donors (Lipinski definition) is 4. The minimum absolute atomic E-state index is 0.442. The molecule has 0 heterocycles. The molecule has 0 aromatic carbocycles. The molecule has 4 nitrogen and oxygen atoms in total. The second-order valence-corrected chi connectivity index (χ2v) is 3.62. The molecule has 6 N–H and O–H groups in total. The molecule has 0 radical (unpaired) electrons. The van der Waals surface area contributed by atoms with Gasteiger partial charge in [0, 0.05) is 0 Å². The Labute approximate surface area is 79.9 Å². The van der Waals surface area contributed by atoms with Gasteiger partial charge in [-0.1, -0.05) is 26.7 Å². The van der Waals surface area contributed by atoms with E-state index in [0.717, 1.165) is 12.8 Å². The highest BCUT2D eigenvalue weighted by Crippen LogP contribution is 2.13. The topological polar surface area (TPSA) is 92.5 Å². The van der Waals surface area contributed by atoms with E-state index in [1.807, 2.05) is 6.92 Å². The smallest absolute Gasteiger partial charge is 0.111 e. The van der Waals surface area contributed by atoms with Crippen LogP contribution in [0.2, 0.25) is 0 Å². The zero-order valence-corrected chi connectivity index (χ0v) is 8.53. The summed E-state index contributed by atoms with van der Waals surface area (Å²) >= 11 is 0. The number of hydrogen-bond acceptors (Lipinski definition) is 4. The van der Waals surface area contributed by atoms with Gasteiger partial charge in [0.05, 0.1) is 11.8 Å². The fourth-order valence-corrected chi connectivity index (χ4v) is 1.14. The lowest BCUT2D eigenvalue weighted by molar-refractivity contribution is -0.0332. The number of aliphatic hydroxyl groups excluding tert-OH is 2. The van der Waals surface area contributed by atoms with E-state index in [-0.39, 0.29) is 0 Å². The van der Waals surface area contributed by atoms with Crippen molar-refractivity contribution in [1.82, 2.24) is 0 Å². The highest BCUT2D eigenvalue weighted by Gasteiger charge is 2.32. The van der Waals surface area contributed by atoms with Crippen LogP contribution in [0.4, 0.5) is 0 Å². The van der Waals surface area contributed by atoms with E-state index in [4.69, 9.17) is 11.5 Å². The average molecular weight is 190 g/mol. The van der Waals surface area contributed by atoms with E-state index in [1.54, 1.807) is 6.92 Å². The Morgan fingerprint density at radius 3 is 2.15 bits per heavy atom. The Morgan fingerprint density at radius 2 is 1.77 bits per heavy atom. The minimum Gasteiger partial charge on any atom is -0.390 e. The SMILES string of the molecule is CCCCC(O)C(O)C(N)(N)CC. The summed E-state index contributed by atoms with van der Waals surface area (Å²) in [5.74, 6) is 0. The Balaban J connectivity index is 4.00.